The number of fused-ring (bicyclic) bond motifs is 1. The lowest BCUT2D eigenvalue weighted by atomic mass is 10.1. The fraction of sp³-hybridized carbons (Fsp3) is 0.133. The van der Waals surface area contributed by atoms with Crippen molar-refractivity contribution in [2.75, 3.05) is 0 Å². The second-order valence-electron chi connectivity index (χ2n) is 4.43. The van der Waals surface area contributed by atoms with Crippen LogP contribution < -0.4 is 0 Å². The van der Waals surface area contributed by atoms with Gasteiger partial charge in [-0.3, -0.25) is 0 Å². The van der Waals surface area contributed by atoms with Crippen LogP contribution in [0.25, 0.3) is 10.2 Å². The number of phenols is 1. The zero-order valence-electron chi connectivity index (χ0n) is 10.1. The largest absolute Gasteiger partial charge is 0.508 e. The quantitative estimate of drug-likeness (QED) is 0.753. The molecule has 3 aromatic rings. The van der Waals surface area contributed by atoms with Crippen molar-refractivity contribution in [1.29, 1.82) is 0 Å². The van der Waals surface area contributed by atoms with Crippen molar-refractivity contribution >= 4 is 21.6 Å². The summed E-state index contributed by atoms with van der Waals surface area (Å²) in [7, 11) is 0. The molecule has 3 heteroatoms. The SMILES string of the molecule is Cc1ccc2sc(Cc3cccc(O)c3)nc2c1. The molecule has 0 radical (unpaired) electrons. The van der Waals surface area contributed by atoms with Crippen LogP contribution in [-0.2, 0) is 6.42 Å². The van der Waals surface area contributed by atoms with E-state index in [9.17, 15) is 5.11 Å². The first-order valence-electron chi connectivity index (χ1n) is 5.85. The van der Waals surface area contributed by atoms with Crippen molar-refractivity contribution < 1.29 is 5.11 Å². The second kappa shape index (κ2) is 4.42. The van der Waals surface area contributed by atoms with Crippen LogP contribution in [0, 0.1) is 6.92 Å². The molecule has 0 aliphatic heterocycles. The molecule has 90 valence electrons. The number of rotatable bonds is 2. The molecule has 0 aliphatic rings. The van der Waals surface area contributed by atoms with Crippen LogP contribution in [0.1, 0.15) is 16.1 Å². The molecule has 1 N–H and O–H groups in total. The van der Waals surface area contributed by atoms with E-state index in [-0.39, 0.29) is 0 Å². The minimum atomic E-state index is 0.310. The van der Waals surface area contributed by atoms with Gasteiger partial charge in [-0.25, -0.2) is 4.98 Å². The van der Waals surface area contributed by atoms with Crippen molar-refractivity contribution in [2.45, 2.75) is 13.3 Å². The van der Waals surface area contributed by atoms with Crippen molar-refractivity contribution in [1.82, 2.24) is 4.98 Å². The number of thiazole rings is 1. The molecule has 2 nitrogen and oxygen atoms in total. The van der Waals surface area contributed by atoms with Crippen LogP contribution in [-0.4, -0.2) is 10.1 Å². The fourth-order valence-corrected chi connectivity index (χ4v) is 2.98. The Labute approximate surface area is 110 Å². The van der Waals surface area contributed by atoms with Crippen LogP contribution in [0.2, 0.25) is 0 Å². The molecule has 0 atom stereocenters. The van der Waals surface area contributed by atoms with E-state index in [1.807, 2.05) is 12.1 Å². The Hall–Kier alpha value is -1.87. The van der Waals surface area contributed by atoms with E-state index in [4.69, 9.17) is 0 Å². The number of aromatic hydroxyl groups is 1. The summed E-state index contributed by atoms with van der Waals surface area (Å²) in [6.45, 7) is 2.08. The van der Waals surface area contributed by atoms with Gasteiger partial charge in [0.1, 0.15) is 5.75 Å². The molecule has 0 saturated carbocycles. The minimum Gasteiger partial charge on any atom is -0.508 e. The number of hydrogen-bond acceptors (Lipinski definition) is 3. The zero-order valence-corrected chi connectivity index (χ0v) is 10.9. The number of hydrogen-bond donors (Lipinski definition) is 1. The lowest BCUT2D eigenvalue weighted by Crippen LogP contribution is -1.86. The van der Waals surface area contributed by atoms with Gasteiger partial charge in [-0.2, -0.15) is 0 Å². The predicted octanol–water partition coefficient (Wildman–Crippen LogP) is 3.90. The summed E-state index contributed by atoms with van der Waals surface area (Å²) in [6.07, 6.45) is 0.771. The van der Waals surface area contributed by atoms with Crippen LogP contribution in [0.5, 0.6) is 5.75 Å². The summed E-state index contributed by atoms with van der Waals surface area (Å²) in [5, 5.41) is 10.5. The maximum Gasteiger partial charge on any atom is 0.115 e. The van der Waals surface area contributed by atoms with Gasteiger partial charge < -0.3 is 5.11 Å². The highest BCUT2D eigenvalue weighted by atomic mass is 32.1. The van der Waals surface area contributed by atoms with Crippen LogP contribution in [0.4, 0.5) is 0 Å². The van der Waals surface area contributed by atoms with Gasteiger partial charge in [0.05, 0.1) is 15.2 Å². The highest BCUT2D eigenvalue weighted by Crippen LogP contribution is 2.25. The molecular weight excluding hydrogens is 242 g/mol. The van der Waals surface area contributed by atoms with Crippen molar-refractivity contribution in [3.8, 4) is 5.75 Å². The molecule has 18 heavy (non-hydrogen) atoms. The second-order valence-corrected chi connectivity index (χ2v) is 5.54. The Morgan fingerprint density at radius 2 is 2.06 bits per heavy atom. The highest BCUT2D eigenvalue weighted by molar-refractivity contribution is 7.18. The number of aromatic nitrogens is 1. The average molecular weight is 255 g/mol. The van der Waals surface area contributed by atoms with Gasteiger partial charge in [0, 0.05) is 6.42 Å². The number of phenolic OH excluding ortho intramolecular Hbond substituents is 1. The normalized spacial score (nSPS) is 10.9. The number of benzene rings is 2. The summed E-state index contributed by atoms with van der Waals surface area (Å²) < 4.78 is 1.22. The lowest BCUT2D eigenvalue weighted by molar-refractivity contribution is 0.474. The molecule has 0 bridgehead atoms. The Kier molecular flexibility index (Phi) is 2.76. The summed E-state index contributed by atoms with van der Waals surface area (Å²) in [5.41, 5.74) is 3.39. The molecule has 0 aliphatic carbocycles. The third-order valence-corrected chi connectivity index (χ3v) is 3.89. The first-order valence-corrected chi connectivity index (χ1v) is 6.66. The van der Waals surface area contributed by atoms with E-state index in [1.165, 1.54) is 10.3 Å². The maximum atomic E-state index is 9.45. The van der Waals surface area contributed by atoms with Crippen molar-refractivity contribution in [3.63, 3.8) is 0 Å². The standard InChI is InChI=1S/C15H13NOS/c1-10-5-6-14-13(7-10)16-15(18-14)9-11-3-2-4-12(17)8-11/h2-8,17H,9H2,1H3. The van der Waals surface area contributed by atoms with E-state index in [1.54, 1.807) is 23.5 Å². The van der Waals surface area contributed by atoms with Crippen LogP contribution >= 0.6 is 11.3 Å². The third kappa shape index (κ3) is 2.22. The molecule has 0 unspecified atom stereocenters. The van der Waals surface area contributed by atoms with Crippen molar-refractivity contribution in [3.05, 3.63) is 58.6 Å². The smallest absolute Gasteiger partial charge is 0.115 e. The molecule has 1 aromatic heterocycles. The first-order chi connectivity index (χ1) is 8.70. The van der Waals surface area contributed by atoms with Gasteiger partial charge in [-0.15, -0.1) is 11.3 Å². The van der Waals surface area contributed by atoms with Crippen LogP contribution in [0.15, 0.2) is 42.5 Å². The summed E-state index contributed by atoms with van der Waals surface area (Å²) in [6, 6.07) is 13.7. The molecule has 3 rings (SSSR count). The van der Waals surface area contributed by atoms with E-state index in [0.29, 0.717) is 5.75 Å². The van der Waals surface area contributed by atoms with E-state index in [0.717, 1.165) is 22.5 Å². The maximum absolute atomic E-state index is 9.45. The summed E-state index contributed by atoms with van der Waals surface area (Å²) in [4.78, 5) is 4.64. The highest BCUT2D eigenvalue weighted by Gasteiger charge is 2.05. The lowest BCUT2D eigenvalue weighted by Gasteiger charge is -1.98. The van der Waals surface area contributed by atoms with E-state index < -0.39 is 0 Å². The monoisotopic (exact) mass is 255 g/mol. The van der Waals surface area contributed by atoms with Gasteiger partial charge in [0.25, 0.3) is 0 Å². The minimum absolute atomic E-state index is 0.310. The molecule has 1 heterocycles. The predicted molar refractivity (Wildman–Crippen MR) is 75.3 cm³/mol. The molecule has 2 aromatic carbocycles. The first kappa shape index (κ1) is 11.2. The fourth-order valence-electron chi connectivity index (χ4n) is 2.00. The van der Waals surface area contributed by atoms with Gasteiger partial charge >= 0.3 is 0 Å². The third-order valence-electron chi connectivity index (χ3n) is 2.85. The van der Waals surface area contributed by atoms with Gasteiger partial charge in [-0.05, 0) is 42.3 Å². The Morgan fingerprint density at radius 3 is 2.89 bits per heavy atom. The van der Waals surface area contributed by atoms with E-state index >= 15 is 0 Å². The molecule has 0 amide bonds. The number of aryl methyl sites for hydroxylation is 1. The Bertz CT molecular complexity index is 703. The van der Waals surface area contributed by atoms with E-state index in [2.05, 4.69) is 30.1 Å². The van der Waals surface area contributed by atoms with Gasteiger partial charge in [-0.1, -0.05) is 18.2 Å². The van der Waals surface area contributed by atoms with Crippen molar-refractivity contribution in [2.24, 2.45) is 0 Å². The zero-order chi connectivity index (χ0) is 12.5. The molecular formula is C15H13NOS. The topological polar surface area (TPSA) is 33.1 Å². The Morgan fingerprint density at radius 1 is 1.17 bits per heavy atom. The summed E-state index contributed by atoms with van der Waals surface area (Å²) in [5.74, 6) is 0.310. The molecule has 0 saturated heterocycles. The number of nitrogens with zero attached hydrogens (tertiary/aromatic N) is 1. The summed E-state index contributed by atoms with van der Waals surface area (Å²) >= 11 is 1.71. The van der Waals surface area contributed by atoms with Gasteiger partial charge in [0.15, 0.2) is 0 Å². The van der Waals surface area contributed by atoms with Gasteiger partial charge in [0.2, 0.25) is 0 Å². The average Bonchev–Trinajstić information content (AvgIpc) is 2.70. The molecule has 0 fully saturated rings. The van der Waals surface area contributed by atoms with Crippen LogP contribution in [0.3, 0.4) is 0 Å². The molecule has 0 spiro atoms. The Balaban J connectivity index is 1.95.